The lowest BCUT2D eigenvalue weighted by molar-refractivity contribution is -0.140. The Morgan fingerprint density at radius 2 is 1.97 bits per heavy atom. The quantitative estimate of drug-likeness (QED) is 0.492. The molecule has 2 aromatic carbocycles. The van der Waals surface area contributed by atoms with E-state index in [0.717, 1.165) is 18.4 Å². The van der Waals surface area contributed by atoms with E-state index in [1.54, 1.807) is 18.2 Å². The number of aliphatic carboxylic acids is 1. The number of carboxylic acids is 1. The Bertz CT molecular complexity index is 961. The van der Waals surface area contributed by atoms with Gasteiger partial charge in [-0.3, -0.25) is 4.79 Å². The standard InChI is InChI=1S/C24H27F4NO3/c1-14(16-6-9-21(25)22(13-16)32-2)29-19-8-5-17(11-19)18-4-3-15(7-10-23(30)31)20(12-18)24(26,27)28/h3-4,6,9,12-14,17,19,29H,5,7-8,10-11H2,1-2H3,(H,30,31)/t14-,17+,19?/m1/s1. The molecule has 3 atom stereocenters. The SMILES string of the molecule is COc1cc([C@@H](C)NC2CC[C@H](c3ccc(CCC(=O)O)c(C(F)(F)F)c3)C2)ccc1F. The van der Waals surface area contributed by atoms with Gasteiger partial charge in [-0.2, -0.15) is 13.2 Å². The molecule has 1 aliphatic carbocycles. The molecule has 174 valence electrons. The zero-order valence-corrected chi connectivity index (χ0v) is 18.0. The highest BCUT2D eigenvalue weighted by molar-refractivity contribution is 5.67. The molecule has 0 spiro atoms. The summed E-state index contributed by atoms with van der Waals surface area (Å²) in [5.74, 6) is -1.41. The van der Waals surface area contributed by atoms with Crippen molar-refractivity contribution in [3.63, 3.8) is 0 Å². The van der Waals surface area contributed by atoms with Gasteiger partial charge in [-0.15, -0.1) is 0 Å². The Labute approximate surface area is 184 Å². The number of halogens is 4. The predicted octanol–water partition coefficient (Wildman–Crippen LogP) is 5.86. The van der Waals surface area contributed by atoms with Crippen LogP contribution in [0.4, 0.5) is 17.6 Å². The highest BCUT2D eigenvalue weighted by atomic mass is 19.4. The van der Waals surface area contributed by atoms with E-state index in [2.05, 4.69) is 5.32 Å². The van der Waals surface area contributed by atoms with Crippen molar-refractivity contribution in [2.45, 2.75) is 63.2 Å². The second-order valence-electron chi connectivity index (χ2n) is 8.30. The minimum atomic E-state index is -4.53. The van der Waals surface area contributed by atoms with Gasteiger partial charge in [0.15, 0.2) is 11.6 Å². The predicted molar refractivity (Wildman–Crippen MR) is 112 cm³/mol. The molecule has 0 radical (unpaired) electrons. The van der Waals surface area contributed by atoms with E-state index in [4.69, 9.17) is 9.84 Å². The normalized spacial score (nSPS) is 19.7. The summed E-state index contributed by atoms with van der Waals surface area (Å²) < 4.78 is 59.4. The van der Waals surface area contributed by atoms with Crippen LogP contribution in [0.3, 0.4) is 0 Å². The summed E-state index contributed by atoms with van der Waals surface area (Å²) in [6.07, 6.45) is -2.77. The minimum absolute atomic E-state index is 0.00945. The summed E-state index contributed by atoms with van der Waals surface area (Å²) in [4.78, 5) is 10.8. The van der Waals surface area contributed by atoms with Gasteiger partial charge >= 0.3 is 12.1 Å². The van der Waals surface area contributed by atoms with E-state index in [0.29, 0.717) is 12.0 Å². The topological polar surface area (TPSA) is 58.6 Å². The van der Waals surface area contributed by atoms with Crippen molar-refractivity contribution in [3.8, 4) is 5.75 Å². The van der Waals surface area contributed by atoms with Gasteiger partial charge in [0.1, 0.15) is 0 Å². The largest absolute Gasteiger partial charge is 0.494 e. The number of carbonyl (C=O) groups is 1. The maximum atomic E-state index is 13.7. The highest BCUT2D eigenvalue weighted by Gasteiger charge is 2.35. The number of benzene rings is 2. The van der Waals surface area contributed by atoms with Crippen LogP contribution in [0.15, 0.2) is 36.4 Å². The molecule has 1 saturated carbocycles. The zero-order valence-electron chi connectivity index (χ0n) is 18.0. The number of carboxylic acid groups (broad SMARTS) is 1. The fourth-order valence-electron chi connectivity index (χ4n) is 4.40. The maximum Gasteiger partial charge on any atom is 0.416 e. The molecule has 0 saturated heterocycles. The molecule has 4 nitrogen and oxygen atoms in total. The summed E-state index contributed by atoms with van der Waals surface area (Å²) >= 11 is 0. The van der Waals surface area contributed by atoms with Crippen LogP contribution in [-0.2, 0) is 17.4 Å². The molecular formula is C24H27F4NO3. The van der Waals surface area contributed by atoms with E-state index in [-0.39, 0.29) is 42.2 Å². The van der Waals surface area contributed by atoms with Crippen LogP contribution < -0.4 is 10.1 Å². The van der Waals surface area contributed by atoms with Gasteiger partial charge in [-0.1, -0.05) is 18.2 Å². The first kappa shape index (κ1) is 24.0. The maximum absolute atomic E-state index is 13.7. The lowest BCUT2D eigenvalue weighted by Crippen LogP contribution is -2.29. The van der Waals surface area contributed by atoms with Crippen LogP contribution in [0.5, 0.6) is 5.75 Å². The molecule has 1 fully saturated rings. The van der Waals surface area contributed by atoms with Crippen molar-refractivity contribution in [2.75, 3.05) is 7.11 Å². The van der Waals surface area contributed by atoms with Gasteiger partial charge < -0.3 is 15.2 Å². The number of nitrogens with one attached hydrogen (secondary N) is 1. The number of methoxy groups -OCH3 is 1. The number of hydrogen-bond donors (Lipinski definition) is 2. The Hall–Kier alpha value is -2.61. The Morgan fingerprint density at radius 1 is 1.22 bits per heavy atom. The van der Waals surface area contributed by atoms with Crippen LogP contribution in [0.2, 0.25) is 0 Å². The van der Waals surface area contributed by atoms with Gasteiger partial charge in [-0.25, -0.2) is 4.39 Å². The van der Waals surface area contributed by atoms with Crippen molar-refractivity contribution in [1.82, 2.24) is 5.32 Å². The first-order chi connectivity index (χ1) is 15.1. The van der Waals surface area contributed by atoms with Gasteiger partial charge in [-0.05, 0) is 73.4 Å². The number of aryl methyl sites for hydroxylation is 1. The van der Waals surface area contributed by atoms with Crippen molar-refractivity contribution in [2.24, 2.45) is 0 Å². The third-order valence-electron chi connectivity index (χ3n) is 6.11. The molecule has 0 aliphatic heterocycles. The lowest BCUT2D eigenvalue weighted by atomic mass is 9.92. The van der Waals surface area contributed by atoms with Crippen LogP contribution in [0.1, 0.15) is 66.8 Å². The molecule has 2 N–H and O–H groups in total. The van der Waals surface area contributed by atoms with Gasteiger partial charge in [0.2, 0.25) is 0 Å². The van der Waals surface area contributed by atoms with E-state index in [1.165, 1.54) is 25.3 Å². The molecule has 1 aliphatic rings. The Kier molecular flexibility index (Phi) is 7.44. The van der Waals surface area contributed by atoms with Crippen LogP contribution in [0, 0.1) is 5.82 Å². The summed E-state index contributed by atoms with van der Waals surface area (Å²) in [6.45, 7) is 1.96. The molecule has 32 heavy (non-hydrogen) atoms. The summed E-state index contributed by atoms with van der Waals surface area (Å²) in [5, 5.41) is 12.3. The smallest absolute Gasteiger partial charge is 0.416 e. The minimum Gasteiger partial charge on any atom is -0.494 e. The van der Waals surface area contributed by atoms with Crippen LogP contribution >= 0.6 is 0 Å². The van der Waals surface area contributed by atoms with Crippen LogP contribution in [-0.4, -0.2) is 24.2 Å². The summed E-state index contributed by atoms with van der Waals surface area (Å²) in [7, 11) is 1.41. The second kappa shape index (κ2) is 9.90. The lowest BCUT2D eigenvalue weighted by Gasteiger charge is -2.21. The third kappa shape index (κ3) is 5.79. The third-order valence-corrected chi connectivity index (χ3v) is 6.11. The van der Waals surface area contributed by atoms with Crippen molar-refractivity contribution >= 4 is 5.97 Å². The van der Waals surface area contributed by atoms with Gasteiger partial charge in [0, 0.05) is 18.5 Å². The molecule has 0 heterocycles. The molecule has 2 aromatic rings. The van der Waals surface area contributed by atoms with Gasteiger partial charge in [0.25, 0.3) is 0 Å². The average Bonchev–Trinajstić information content (AvgIpc) is 3.20. The molecule has 0 aromatic heterocycles. The van der Waals surface area contributed by atoms with Crippen LogP contribution in [0.25, 0.3) is 0 Å². The summed E-state index contributed by atoms with van der Waals surface area (Å²) in [5.41, 5.74) is 0.750. The van der Waals surface area contributed by atoms with Crippen molar-refractivity contribution in [3.05, 3.63) is 64.5 Å². The van der Waals surface area contributed by atoms with Crippen molar-refractivity contribution < 1.29 is 32.2 Å². The highest BCUT2D eigenvalue weighted by Crippen LogP contribution is 2.40. The number of ether oxygens (including phenoxy) is 1. The number of rotatable bonds is 8. The fraction of sp³-hybridized carbons (Fsp3) is 0.458. The van der Waals surface area contributed by atoms with Crippen molar-refractivity contribution in [1.29, 1.82) is 0 Å². The zero-order chi connectivity index (χ0) is 23.5. The van der Waals surface area contributed by atoms with E-state index < -0.39 is 23.5 Å². The molecule has 0 amide bonds. The van der Waals surface area contributed by atoms with E-state index >= 15 is 0 Å². The molecule has 3 rings (SSSR count). The second-order valence-corrected chi connectivity index (χ2v) is 8.30. The molecular weight excluding hydrogens is 426 g/mol. The molecule has 8 heteroatoms. The Morgan fingerprint density at radius 3 is 2.62 bits per heavy atom. The Balaban J connectivity index is 1.69. The first-order valence-corrected chi connectivity index (χ1v) is 10.6. The first-order valence-electron chi connectivity index (χ1n) is 10.6. The fourth-order valence-corrected chi connectivity index (χ4v) is 4.40. The molecule has 0 bridgehead atoms. The van der Waals surface area contributed by atoms with Gasteiger partial charge in [0.05, 0.1) is 12.7 Å². The average molecular weight is 453 g/mol. The summed E-state index contributed by atoms with van der Waals surface area (Å²) in [6, 6.07) is 9.01. The van der Waals surface area contributed by atoms with E-state index in [9.17, 15) is 22.4 Å². The number of alkyl halides is 3. The number of hydrogen-bond acceptors (Lipinski definition) is 3. The van der Waals surface area contributed by atoms with E-state index in [1.807, 2.05) is 6.92 Å². The molecule has 1 unspecified atom stereocenters. The monoisotopic (exact) mass is 453 g/mol.